The van der Waals surface area contributed by atoms with Crippen molar-refractivity contribution in [3.63, 3.8) is 0 Å². The number of ether oxygens (including phenoxy) is 2. The summed E-state index contributed by atoms with van der Waals surface area (Å²) in [7, 11) is 5.23. The molecule has 7 heteroatoms. The summed E-state index contributed by atoms with van der Waals surface area (Å²) in [6.07, 6.45) is 0. The molecule has 0 fully saturated rings. The lowest BCUT2D eigenvalue weighted by molar-refractivity contribution is 0.200. The Morgan fingerprint density at radius 2 is 1.36 bits per heavy atom. The molecule has 0 rings (SSSR count). The largest absolute Gasteiger partial charge is 0.460 e. The van der Waals surface area contributed by atoms with Gasteiger partial charge in [0.15, 0.2) is 0 Å². The third-order valence-corrected chi connectivity index (χ3v) is 3.73. The molecule has 0 aliphatic rings. The van der Waals surface area contributed by atoms with Gasteiger partial charge < -0.3 is 9.47 Å². The zero-order valence-corrected chi connectivity index (χ0v) is 8.31. The van der Waals surface area contributed by atoms with E-state index in [1.807, 2.05) is 0 Å². The Morgan fingerprint density at radius 3 is 1.64 bits per heavy atom. The van der Waals surface area contributed by atoms with Gasteiger partial charge in [0.25, 0.3) is 0 Å². The quantitative estimate of drug-likeness (QED) is 0.517. The van der Waals surface area contributed by atoms with Crippen molar-refractivity contribution in [2.24, 2.45) is 0 Å². The van der Waals surface area contributed by atoms with E-state index in [1.165, 1.54) is 14.2 Å². The summed E-state index contributed by atoms with van der Waals surface area (Å²) in [6.45, 7) is 0. The van der Waals surface area contributed by atoms with Crippen molar-refractivity contribution in [3.05, 3.63) is 0 Å². The molecule has 0 aromatic heterocycles. The van der Waals surface area contributed by atoms with Crippen LogP contribution in [0.3, 0.4) is 0 Å². The molecule has 64 valence electrons. The van der Waals surface area contributed by atoms with E-state index in [0.29, 0.717) is 0 Å². The van der Waals surface area contributed by atoms with Gasteiger partial charge in [-0.05, 0) is 9.83 Å². The van der Waals surface area contributed by atoms with Gasteiger partial charge in [0.1, 0.15) is 0 Å². The lowest BCUT2D eigenvalue weighted by atomic mass is 11.5. The van der Waals surface area contributed by atoms with E-state index in [2.05, 4.69) is 9.47 Å². The molecule has 0 heterocycles. The summed E-state index contributed by atoms with van der Waals surface area (Å²) in [5.41, 5.74) is 0. The van der Waals surface area contributed by atoms with Gasteiger partial charge in [-0.1, -0.05) is 0 Å². The van der Waals surface area contributed by atoms with Crippen LogP contribution >= 0.6 is 31.4 Å². The Bertz CT molecular complexity index is 132. The van der Waals surface area contributed by atoms with E-state index >= 15 is 0 Å². The van der Waals surface area contributed by atoms with E-state index in [0.717, 1.165) is 31.4 Å². The summed E-state index contributed by atoms with van der Waals surface area (Å²) in [5, 5.41) is -0.877. The maximum Gasteiger partial charge on any atom is 0.378 e. The van der Waals surface area contributed by atoms with Crippen LogP contribution < -0.4 is 0 Å². The fourth-order valence-electron chi connectivity index (χ4n) is 0.141. The number of hydrogen-bond donors (Lipinski definition) is 0. The minimum Gasteiger partial charge on any atom is -0.460 e. The Hall–Kier alpha value is -0.0100. The minimum absolute atomic E-state index is 0.439. The molecule has 0 bridgehead atoms. The molecule has 0 amide bonds. The molecule has 0 aromatic carbocycles. The summed E-state index contributed by atoms with van der Waals surface area (Å²) >= 11 is 0. The van der Waals surface area contributed by atoms with E-state index in [4.69, 9.17) is 0 Å². The SMILES string of the molecule is COC(=O)SSSC(=O)OC. The first-order chi connectivity index (χ1) is 5.20. The van der Waals surface area contributed by atoms with Crippen molar-refractivity contribution in [1.29, 1.82) is 0 Å². The fraction of sp³-hybridized carbons (Fsp3) is 0.500. The summed E-state index contributed by atoms with van der Waals surface area (Å²) in [5.74, 6) is 0. The molecule has 0 N–H and O–H groups in total. The normalized spacial score (nSPS) is 8.91. The molecule has 0 atom stereocenters. The summed E-state index contributed by atoms with van der Waals surface area (Å²) < 4.78 is 8.61. The van der Waals surface area contributed by atoms with E-state index in [1.54, 1.807) is 0 Å². The van der Waals surface area contributed by atoms with Crippen LogP contribution in [0.5, 0.6) is 0 Å². The molecule has 0 aliphatic heterocycles. The van der Waals surface area contributed by atoms with Crippen molar-refractivity contribution in [2.75, 3.05) is 14.2 Å². The van der Waals surface area contributed by atoms with Gasteiger partial charge in [0, 0.05) is 21.6 Å². The third kappa shape index (κ3) is 6.39. The summed E-state index contributed by atoms with van der Waals surface area (Å²) in [6, 6.07) is 0. The van der Waals surface area contributed by atoms with Gasteiger partial charge in [-0.25, -0.2) is 9.59 Å². The Balaban J connectivity index is 3.27. The minimum atomic E-state index is -0.439. The predicted molar refractivity (Wildman–Crippen MR) is 47.6 cm³/mol. The van der Waals surface area contributed by atoms with Crippen LogP contribution in [0.2, 0.25) is 0 Å². The molecule has 4 nitrogen and oxygen atoms in total. The molecule has 0 unspecified atom stereocenters. The Kier molecular flexibility index (Phi) is 6.68. The van der Waals surface area contributed by atoms with Gasteiger partial charge in [-0.3, -0.25) is 0 Å². The van der Waals surface area contributed by atoms with Crippen LogP contribution in [0.15, 0.2) is 0 Å². The topological polar surface area (TPSA) is 52.6 Å². The first kappa shape index (κ1) is 11.0. The maximum atomic E-state index is 10.4. The van der Waals surface area contributed by atoms with Crippen LogP contribution in [0.1, 0.15) is 0 Å². The lowest BCUT2D eigenvalue weighted by Gasteiger charge is -1.95. The molecule has 0 radical (unpaired) electrons. The first-order valence-corrected chi connectivity index (χ1v) is 5.86. The molecule has 0 aromatic rings. The summed E-state index contributed by atoms with van der Waals surface area (Å²) in [4.78, 5) is 20.9. The molecule has 0 spiro atoms. The average molecular weight is 214 g/mol. The third-order valence-electron chi connectivity index (χ3n) is 0.537. The monoisotopic (exact) mass is 214 g/mol. The highest BCUT2D eigenvalue weighted by atomic mass is 33.5. The van der Waals surface area contributed by atoms with Crippen LogP contribution in [0.25, 0.3) is 0 Å². The molecular formula is C4H6O4S3. The molecule has 0 saturated carbocycles. The van der Waals surface area contributed by atoms with Crippen molar-refractivity contribution < 1.29 is 19.1 Å². The van der Waals surface area contributed by atoms with E-state index < -0.39 is 10.6 Å². The van der Waals surface area contributed by atoms with Crippen molar-refractivity contribution >= 4 is 42.0 Å². The zero-order chi connectivity index (χ0) is 8.69. The van der Waals surface area contributed by atoms with Crippen LogP contribution in [-0.2, 0) is 9.47 Å². The highest BCUT2D eigenvalue weighted by Crippen LogP contribution is 2.36. The van der Waals surface area contributed by atoms with Crippen molar-refractivity contribution in [1.82, 2.24) is 0 Å². The fourth-order valence-corrected chi connectivity index (χ4v) is 2.57. The standard InChI is InChI=1S/C4H6O4S3/c1-7-3(5)9-11-10-4(6)8-2/h1-2H3. The first-order valence-electron chi connectivity index (χ1n) is 2.37. The molecular weight excluding hydrogens is 208 g/mol. The van der Waals surface area contributed by atoms with Gasteiger partial charge in [0.2, 0.25) is 0 Å². The highest BCUT2D eigenvalue weighted by molar-refractivity contribution is 9.14. The zero-order valence-electron chi connectivity index (χ0n) is 5.86. The smallest absolute Gasteiger partial charge is 0.378 e. The van der Waals surface area contributed by atoms with E-state index in [-0.39, 0.29) is 0 Å². The number of carbonyl (C=O) groups is 2. The van der Waals surface area contributed by atoms with Gasteiger partial charge >= 0.3 is 10.6 Å². The molecule has 11 heavy (non-hydrogen) atoms. The Morgan fingerprint density at radius 1 is 1.00 bits per heavy atom. The predicted octanol–water partition coefficient (Wildman–Crippen LogP) is 2.55. The highest BCUT2D eigenvalue weighted by Gasteiger charge is 2.06. The van der Waals surface area contributed by atoms with Crippen LogP contribution in [0.4, 0.5) is 9.59 Å². The average Bonchev–Trinajstić information content (AvgIpc) is 2.04. The van der Waals surface area contributed by atoms with Gasteiger partial charge in [-0.2, -0.15) is 0 Å². The molecule has 0 aliphatic carbocycles. The maximum absolute atomic E-state index is 10.4. The number of hydrogen-bond acceptors (Lipinski definition) is 7. The number of carbonyl (C=O) groups excluding carboxylic acids is 2. The van der Waals surface area contributed by atoms with Gasteiger partial charge in [0.05, 0.1) is 14.2 Å². The number of rotatable bonds is 2. The number of methoxy groups -OCH3 is 2. The van der Waals surface area contributed by atoms with Crippen molar-refractivity contribution in [3.8, 4) is 0 Å². The van der Waals surface area contributed by atoms with Crippen molar-refractivity contribution in [2.45, 2.75) is 0 Å². The van der Waals surface area contributed by atoms with Crippen LogP contribution in [0, 0.1) is 0 Å². The second-order valence-corrected chi connectivity index (χ2v) is 4.91. The second kappa shape index (κ2) is 6.68. The lowest BCUT2D eigenvalue weighted by Crippen LogP contribution is -1.88. The molecule has 0 saturated heterocycles. The second-order valence-electron chi connectivity index (χ2n) is 1.14. The van der Waals surface area contributed by atoms with E-state index in [9.17, 15) is 9.59 Å². The van der Waals surface area contributed by atoms with Crippen LogP contribution in [-0.4, -0.2) is 24.8 Å². The Labute approximate surface area is 75.6 Å². The van der Waals surface area contributed by atoms with Gasteiger partial charge in [-0.15, -0.1) is 0 Å².